The normalized spacial score (nSPS) is 12.0. The van der Waals surface area contributed by atoms with Gasteiger partial charge in [0.2, 0.25) is 12.7 Å². The minimum atomic E-state index is -0.158. The summed E-state index contributed by atoms with van der Waals surface area (Å²) in [4.78, 5) is 20.1. The number of ether oxygens (including phenoxy) is 2. The zero-order valence-corrected chi connectivity index (χ0v) is 12.8. The van der Waals surface area contributed by atoms with Crippen molar-refractivity contribution in [3.8, 4) is 11.5 Å². The summed E-state index contributed by atoms with van der Waals surface area (Å²) in [6.07, 6.45) is 3.92. The van der Waals surface area contributed by atoms with E-state index in [1.165, 1.54) is 12.4 Å². The van der Waals surface area contributed by atoms with Crippen LogP contribution in [0.3, 0.4) is 0 Å². The molecule has 0 unspecified atom stereocenters. The zero-order valence-electron chi connectivity index (χ0n) is 12.8. The molecule has 0 saturated carbocycles. The minimum absolute atomic E-state index is 0.158. The third-order valence-electron chi connectivity index (χ3n) is 3.34. The highest BCUT2D eigenvalue weighted by molar-refractivity contribution is 5.93. The number of hydrogen-bond acceptors (Lipinski definition) is 6. The van der Waals surface area contributed by atoms with Crippen LogP contribution in [-0.2, 0) is 6.54 Å². The van der Waals surface area contributed by atoms with Gasteiger partial charge in [0, 0.05) is 25.5 Å². The molecule has 0 saturated heterocycles. The van der Waals surface area contributed by atoms with Gasteiger partial charge in [-0.2, -0.15) is 0 Å². The summed E-state index contributed by atoms with van der Waals surface area (Å²) in [6.45, 7) is 3.46. The number of carbonyl (C=O) groups excluding carboxylic acids is 1. The van der Waals surface area contributed by atoms with Crippen LogP contribution in [0.1, 0.15) is 29.3 Å². The Kier molecular flexibility index (Phi) is 4.56. The van der Waals surface area contributed by atoms with Crippen LogP contribution < -0.4 is 20.1 Å². The molecule has 3 rings (SSSR count). The van der Waals surface area contributed by atoms with Crippen molar-refractivity contribution in [2.45, 2.75) is 19.9 Å². The van der Waals surface area contributed by atoms with Crippen molar-refractivity contribution in [2.75, 3.05) is 18.7 Å². The van der Waals surface area contributed by atoms with Gasteiger partial charge in [-0.3, -0.25) is 4.79 Å². The molecule has 1 aromatic carbocycles. The summed E-state index contributed by atoms with van der Waals surface area (Å²) >= 11 is 0. The van der Waals surface area contributed by atoms with Gasteiger partial charge in [0.25, 0.3) is 5.91 Å². The number of benzene rings is 1. The van der Waals surface area contributed by atoms with Crippen LogP contribution >= 0.6 is 0 Å². The lowest BCUT2D eigenvalue weighted by Gasteiger charge is -2.07. The number of rotatable bonds is 6. The molecule has 0 aliphatic carbocycles. The number of carbonyl (C=O) groups is 1. The molecule has 0 bridgehead atoms. The second kappa shape index (κ2) is 6.95. The number of nitrogens with zero attached hydrogens (tertiary/aromatic N) is 2. The molecule has 1 aliphatic rings. The molecular weight excluding hydrogens is 296 g/mol. The van der Waals surface area contributed by atoms with E-state index in [-0.39, 0.29) is 12.7 Å². The number of nitrogens with one attached hydrogen (secondary N) is 2. The number of anilines is 1. The average molecular weight is 314 g/mol. The van der Waals surface area contributed by atoms with Crippen LogP contribution in [0, 0.1) is 0 Å². The molecule has 0 radical (unpaired) electrons. The van der Waals surface area contributed by atoms with Gasteiger partial charge in [-0.05, 0) is 24.1 Å². The van der Waals surface area contributed by atoms with E-state index in [4.69, 9.17) is 9.47 Å². The SMILES string of the molecule is CCCNC(=O)c1cnc(NCc2ccc3c(c2)OCO3)nc1. The van der Waals surface area contributed by atoms with Gasteiger partial charge in [-0.1, -0.05) is 13.0 Å². The molecule has 23 heavy (non-hydrogen) atoms. The quantitative estimate of drug-likeness (QED) is 0.848. The van der Waals surface area contributed by atoms with E-state index in [0.29, 0.717) is 24.6 Å². The van der Waals surface area contributed by atoms with Gasteiger partial charge in [0.1, 0.15) is 0 Å². The van der Waals surface area contributed by atoms with Crippen LogP contribution in [0.4, 0.5) is 5.95 Å². The molecule has 1 aliphatic heterocycles. The molecule has 7 heteroatoms. The Balaban J connectivity index is 1.57. The summed E-state index contributed by atoms with van der Waals surface area (Å²) in [7, 11) is 0. The van der Waals surface area contributed by atoms with Crippen LogP contribution in [0.2, 0.25) is 0 Å². The first-order chi connectivity index (χ1) is 11.3. The van der Waals surface area contributed by atoms with Gasteiger partial charge < -0.3 is 20.1 Å². The maximum Gasteiger partial charge on any atom is 0.254 e. The number of hydrogen-bond donors (Lipinski definition) is 2. The molecule has 0 spiro atoms. The Bertz CT molecular complexity index is 688. The molecule has 2 heterocycles. The maximum absolute atomic E-state index is 11.8. The van der Waals surface area contributed by atoms with Crippen molar-refractivity contribution < 1.29 is 14.3 Å². The summed E-state index contributed by atoms with van der Waals surface area (Å²) < 4.78 is 10.6. The van der Waals surface area contributed by atoms with Crippen LogP contribution in [0.25, 0.3) is 0 Å². The molecule has 0 atom stereocenters. The molecule has 1 aromatic heterocycles. The summed E-state index contributed by atoms with van der Waals surface area (Å²) in [5, 5.41) is 5.90. The first kappa shape index (κ1) is 15.1. The highest BCUT2D eigenvalue weighted by Gasteiger charge is 2.13. The highest BCUT2D eigenvalue weighted by Crippen LogP contribution is 2.32. The van der Waals surface area contributed by atoms with Crippen molar-refractivity contribution in [3.63, 3.8) is 0 Å². The lowest BCUT2D eigenvalue weighted by Crippen LogP contribution is -2.24. The highest BCUT2D eigenvalue weighted by atomic mass is 16.7. The van der Waals surface area contributed by atoms with Gasteiger partial charge >= 0.3 is 0 Å². The lowest BCUT2D eigenvalue weighted by atomic mass is 10.2. The van der Waals surface area contributed by atoms with Crippen LogP contribution in [0.5, 0.6) is 11.5 Å². The summed E-state index contributed by atoms with van der Waals surface area (Å²) in [5.41, 5.74) is 1.48. The second-order valence-corrected chi connectivity index (χ2v) is 5.09. The predicted octanol–water partition coefficient (Wildman–Crippen LogP) is 1.96. The van der Waals surface area contributed by atoms with Crippen LogP contribution in [-0.4, -0.2) is 29.2 Å². The fourth-order valence-electron chi connectivity index (χ4n) is 2.11. The van der Waals surface area contributed by atoms with E-state index in [1.54, 1.807) is 0 Å². The van der Waals surface area contributed by atoms with Gasteiger partial charge in [-0.15, -0.1) is 0 Å². The van der Waals surface area contributed by atoms with E-state index in [1.807, 2.05) is 25.1 Å². The van der Waals surface area contributed by atoms with Gasteiger partial charge in [0.15, 0.2) is 11.5 Å². The lowest BCUT2D eigenvalue weighted by molar-refractivity contribution is 0.0953. The van der Waals surface area contributed by atoms with E-state index >= 15 is 0 Å². The number of aromatic nitrogens is 2. The van der Waals surface area contributed by atoms with Crippen molar-refractivity contribution in [3.05, 3.63) is 41.7 Å². The van der Waals surface area contributed by atoms with Crippen LogP contribution in [0.15, 0.2) is 30.6 Å². The largest absolute Gasteiger partial charge is 0.454 e. The summed E-state index contributed by atoms with van der Waals surface area (Å²) in [5.74, 6) is 1.81. The molecule has 2 N–H and O–H groups in total. The number of amides is 1. The Morgan fingerprint density at radius 1 is 1.22 bits per heavy atom. The molecule has 120 valence electrons. The topological polar surface area (TPSA) is 85.4 Å². The third-order valence-corrected chi connectivity index (χ3v) is 3.34. The smallest absolute Gasteiger partial charge is 0.254 e. The maximum atomic E-state index is 11.8. The Morgan fingerprint density at radius 2 is 2.00 bits per heavy atom. The molecule has 0 fully saturated rings. The van der Waals surface area contributed by atoms with E-state index in [2.05, 4.69) is 20.6 Å². The van der Waals surface area contributed by atoms with Crippen molar-refractivity contribution in [2.24, 2.45) is 0 Å². The molecular formula is C16H18N4O3. The van der Waals surface area contributed by atoms with E-state index in [9.17, 15) is 4.79 Å². The average Bonchev–Trinajstić information content (AvgIpc) is 3.06. The standard InChI is InChI=1S/C16H18N4O3/c1-2-5-17-15(21)12-8-19-16(20-9-12)18-7-11-3-4-13-14(6-11)23-10-22-13/h3-4,6,8-9H,2,5,7,10H2,1H3,(H,17,21)(H,18,19,20). The van der Waals surface area contributed by atoms with Crippen molar-refractivity contribution >= 4 is 11.9 Å². The number of fused-ring (bicyclic) bond motifs is 1. The summed E-state index contributed by atoms with van der Waals surface area (Å²) in [6, 6.07) is 5.75. The van der Waals surface area contributed by atoms with Crippen molar-refractivity contribution in [1.82, 2.24) is 15.3 Å². The first-order valence-electron chi connectivity index (χ1n) is 7.49. The zero-order chi connectivity index (χ0) is 16.1. The Morgan fingerprint density at radius 3 is 2.78 bits per heavy atom. The Hall–Kier alpha value is -2.83. The van der Waals surface area contributed by atoms with Gasteiger partial charge in [-0.25, -0.2) is 9.97 Å². The predicted molar refractivity (Wildman–Crippen MR) is 84.5 cm³/mol. The van der Waals surface area contributed by atoms with E-state index < -0.39 is 0 Å². The first-order valence-corrected chi connectivity index (χ1v) is 7.49. The van der Waals surface area contributed by atoms with Crippen molar-refractivity contribution in [1.29, 1.82) is 0 Å². The molecule has 1 amide bonds. The fourth-order valence-corrected chi connectivity index (χ4v) is 2.11. The van der Waals surface area contributed by atoms with E-state index in [0.717, 1.165) is 23.5 Å². The monoisotopic (exact) mass is 314 g/mol. The second-order valence-electron chi connectivity index (χ2n) is 5.09. The molecule has 7 nitrogen and oxygen atoms in total. The molecule has 2 aromatic rings. The Labute approximate surface area is 134 Å². The van der Waals surface area contributed by atoms with Gasteiger partial charge in [0.05, 0.1) is 5.56 Å². The minimum Gasteiger partial charge on any atom is -0.454 e. The fraction of sp³-hybridized carbons (Fsp3) is 0.312. The third kappa shape index (κ3) is 3.68.